The van der Waals surface area contributed by atoms with Crippen LogP contribution in [0.1, 0.15) is 10.4 Å². The molecule has 0 spiro atoms. The van der Waals surface area contributed by atoms with Gasteiger partial charge in [0.25, 0.3) is 0 Å². The number of thiophene rings is 1. The molecule has 0 aliphatic carbocycles. The first-order valence-corrected chi connectivity index (χ1v) is 9.71. The molecule has 0 fully saturated rings. The maximum absolute atomic E-state index is 11.8. The van der Waals surface area contributed by atoms with Crippen LogP contribution in [-0.2, 0) is 17.8 Å². The summed E-state index contributed by atoms with van der Waals surface area (Å²) in [7, 11) is 3.49. The van der Waals surface area contributed by atoms with Gasteiger partial charge >= 0.3 is 0 Å². The molecule has 0 aliphatic heterocycles. The largest absolute Gasteiger partial charge is 0.356 e. The highest BCUT2D eigenvalue weighted by Gasteiger charge is 2.06. The van der Waals surface area contributed by atoms with E-state index < -0.39 is 0 Å². The molecule has 26 heavy (non-hydrogen) atoms. The Hall–Kier alpha value is -1.13. The second kappa shape index (κ2) is 12.3. The topological polar surface area (TPSA) is 56.7 Å². The predicted molar refractivity (Wildman–Crippen MR) is 123 cm³/mol. The summed E-state index contributed by atoms with van der Waals surface area (Å²) in [6.45, 7) is 1.54. The molecular weight excluding hydrogens is 527 g/mol. The first kappa shape index (κ1) is 22.9. The van der Waals surface area contributed by atoms with E-state index in [2.05, 4.69) is 49.1 Å². The van der Waals surface area contributed by atoms with E-state index in [-0.39, 0.29) is 36.4 Å². The number of carbonyl (C=O) groups is 1. The predicted octanol–water partition coefficient (Wildman–Crippen LogP) is 3.49. The Labute approximate surface area is 184 Å². The van der Waals surface area contributed by atoms with Gasteiger partial charge in [-0.25, -0.2) is 4.99 Å². The first-order valence-electron chi connectivity index (χ1n) is 8.04. The highest BCUT2D eigenvalue weighted by molar-refractivity contribution is 14.0. The second-order valence-corrected chi connectivity index (χ2v) is 7.64. The number of carbonyl (C=O) groups excluding carboxylic acids is 1. The van der Waals surface area contributed by atoms with Gasteiger partial charge in [-0.2, -0.15) is 0 Å². The lowest BCUT2D eigenvalue weighted by Crippen LogP contribution is -2.43. The van der Waals surface area contributed by atoms with Gasteiger partial charge < -0.3 is 15.5 Å². The van der Waals surface area contributed by atoms with Crippen LogP contribution in [-0.4, -0.2) is 44.0 Å². The zero-order valence-corrected chi connectivity index (χ0v) is 19.6. The molecule has 0 bridgehead atoms. The van der Waals surface area contributed by atoms with Gasteiger partial charge in [0, 0.05) is 30.0 Å². The third-order valence-corrected chi connectivity index (χ3v) is 4.95. The van der Waals surface area contributed by atoms with Gasteiger partial charge in [0.05, 0.1) is 13.1 Å². The Morgan fingerprint density at radius 2 is 1.92 bits per heavy atom. The van der Waals surface area contributed by atoms with Crippen molar-refractivity contribution in [1.29, 1.82) is 0 Å². The van der Waals surface area contributed by atoms with Gasteiger partial charge in [-0.15, -0.1) is 35.3 Å². The van der Waals surface area contributed by atoms with E-state index in [0.717, 1.165) is 23.0 Å². The van der Waals surface area contributed by atoms with Gasteiger partial charge in [-0.05, 0) is 35.6 Å². The number of likely N-dealkylation sites (N-methyl/N-ethyl adjacent to an activating group) is 1. The van der Waals surface area contributed by atoms with Crippen molar-refractivity contribution in [2.75, 3.05) is 27.2 Å². The molecule has 0 unspecified atom stereocenters. The summed E-state index contributed by atoms with van der Waals surface area (Å²) in [5, 5.41) is 8.48. The van der Waals surface area contributed by atoms with Gasteiger partial charge in [0.1, 0.15) is 0 Å². The van der Waals surface area contributed by atoms with Crippen LogP contribution in [0.4, 0.5) is 0 Å². The average Bonchev–Trinajstić information content (AvgIpc) is 3.11. The Kier molecular flexibility index (Phi) is 10.8. The van der Waals surface area contributed by atoms with E-state index in [0.29, 0.717) is 12.5 Å². The number of nitrogens with one attached hydrogen (secondary N) is 2. The van der Waals surface area contributed by atoms with Crippen LogP contribution in [0.5, 0.6) is 0 Å². The van der Waals surface area contributed by atoms with Crippen molar-refractivity contribution >= 4 is 63.1 Å². The minimum absolute atomic E-state index is 0. The molecule has 2 rings (SSSR count). The lowest BCUT2D eigenvalue weighted by molar-refractivity contribution is -0.127. The van der Waals surface area contributed by atoms with Crippen molar-refractivity contribution in [3.63, 3.8) is 0 Å². The zero-order chi connectivity index (χ0) is 18.1. The minimum atomic E-state index is 0. The molecule has 142 valence electrons. The van der Waals surface area contributed by atoms with E-state index in [1.165, 1.54) is 4.88 Å². The molecule has 1 amide bonds. The van der Waals surface area contributed by atoms with E-state index in [1.807, 2.05) is 24.3 Å². The fraction of sp³-hybridized carbons (Fsp3) is 0.333. The molecule has 0 radical (unpaired) electrons. The first-order chi connectivity index (χ1) is 12.0. The molecule has 2 N–H and O–H groups in total. The van der Waals surface area contributed by atoms with E-state index in [4.69, 9.17) is 0 Å². The number of hydrogen-bond donors (Lipinski definition) is 2. The maximum Gasteiger partial charge on any atom is 0.241 e. The van der Waals surface area contributed by atoms with Crippen molar-refractivity contribution < 1.29 is 4.79 Å². The lowest BCUT2D eigenvalue weighted by Gasteiger charge is -2.15. The fourth-order valence-electron chi connectivity index (χ4n) is 2.01. The van der Waals surface area contributed by atoms with Crippen LogP contribution >= 0.6 is 51.2 Å². The molecule has 0 saturated heterocycles. The standard InChI is InChI=1S/C18H23BrN4OS.HI/c1-23(2)17(24)13-22-18(20-10-9-16-4-3-11-25-16)21-12-14-5-7-15(19)8-6-14;/h3-8,11H,9-10,12-13H2,1-2H3,(H2,20,21,22);1H. The van der Waals surface area contributed by atoms with Crippen LogP contribution in [0.3, 0.4) is 0 Å². The van der Waals surface area contributed by atoms with Crippen molar-refractivity contribution in [1.82, 2.24) is 15.5 Å². The number of guanidine groups is 1. The molecular formula is C18H24BrIN4OS. The van der Waals surface area contributed by atoms with Gasteiger partial charge in [-0.3, -0.25) is 4.79 Å². The smallest absolute Gasteiger partial charge is 0.241 e. The highest BCUT2D eigenvalue weighted by atomic mass is 127. The highest BCUT2D eigenvalue weighted by Crippen LogP contribution is 2.11. The summed E-state index contributed by atoms with van der Waals surface area (Å²) in [5.74, 6) is 0.658. The van der Waals surface area contributed by atoms with Crippen molar-refractivity contribution in [3.8, 4) is 0 Å². The molecule has 2 aromatic rings. The second-order valence-electron chi connectivity index (χ2n) is 5.69. The Morgan fingerprint density at radius 1 is 1.19 bits per heavy atom. The number of rotatable bonds is 7. The Balaban J connectivity index is 0.00000338. The van der Waals surface area contributed by atoms with E-state index in [9.17, 15) is 4.79 Å². The van der Waals surface area contributed by atoms with Crippen LogP contribution < -0.4 is 10.6 Å². The molecule has 8 heteroatoms. The Morgan fingerprint density at radius 3 is 2.54 bits per heavy atom. The third-order valence-electron chi connectivity index (χ3n) is 3.48. The van der Waals surface area contributed by atoms with Crippen LogP contribution in [0, 0.1) is 0 Å². The summed E-state index contributed by atoms with van der Waals surface area (Å²) >= 11 is 5.17. The summed E-state index contributed by atoms with van der Waals surface area (Å²) in [4.78, 5) is 19.3. The zero-order valence-electron chi connectivity index (χ0n) is 14.9. The lowest BCUT2D eigenvalue weighted by atomic mass is 10.2. The Bertz CT molecular complexity index is 690. The molecule has 5 nitrogen and oxygen atoms in total. The normalized spacial score (nSPS) is 10.8. The summed E-state index contributed by atoms with van der Waals surface area (Å²) < 4.78 is 1.05. The average molecular weight is 551 g/mol. The van der Waals surface area contributed by atoms with Crippen LogP contribution in [0.2, 0.25) is 0 Å². The summed E-state index contributed by atoms with van der Waals surface area (Å²) in [5.41, 5.74) is 1.11. The van der Waals surface area contributed by atoms with E-state index >= 15 is 0 Å². The number of nitrogens with zero attached hydrogens (tertiary/aromatic N) is 2. The SMILES string of the molecule is CN(C)C(=O)CNC(=NCc1ccc(Br)cc1)NCCc1cccs1.I. The molecule has 1 aromatic carbocycles. The molecule has 0 aliphatic rings. The summed E-state index contributed by atoms with van der Waals surface area (Å²) in [6, 6.07) is 12.2. The quantitative estimate of drug-likeness (QED) is 0.315. The van der Waals surface area contributed by atoms with Gasteiger partial charge in [-0.1, -0.05) is 34.1 Å². The van der Waals surface area contributed by atoms with Gasteiger partial charge in [0.15, 0.2) is 5.96 Å². The van der Waals surface area contributed by atoms with Crippen molar-refractivity contribution in [2.24, 2.45) is 4.99 Å². The van der Waals surface area contributed by atoms with Crippen LogP contribution in [0.15, 0.2) is 51.2 Å². The number of hydrogen-bond acceptors (Lipinski definition) is 3. The minimum Gasteiger partial charge on any atom is -0.356 e. The number of benzene rings is 1. The third kappa shape index (κ3) is 8.50. The molecule has 1 heterocycles. The van der Waals surface area contributed by atoms with Crippen LogP contribution in [0.25, 0.3) is 0 Å². The number of amides is 1. The molecule has 1 aromatic heterocycles. The maximum atomic E-state index is 11.8. The monoisotopic (exact) mass is 550 g/mol. The number of aliphatic imine (C=N–C) groups is 1. The molecule has 0 saturated carbocycles. The molecule has 0 atom stereocenters. The van der Waals surface area contributed by atoms with Crippen molar-refractivity contribution in [2.45, 2.75) is 13.0 Å². The fourth-order valence-corrected chi connectivity index (χ4v) is 2.98. The van der Waals surface area contributed by atoms with Crippen molar-refractivity contribution in [3.05, 3.63) is 56.7 Å². The number of halogens is 2. The van der Waals surface area contributed by atoms with Gasteiger partial charge in [0.2, 0.25) is 5.91 Å². The summed E-state index contributed by atoms with van der Waals surface area (Å²) in [6.07, 6.45) is 0.929. The van der Waals surface area contributed by atoms with E-state index in [1.54, 1.807) is 30.3 Å².